The number of ether oxygens (including phenoxy) is 1. The standard InChI is InChI=1S/C15H27NO4/c1-3-5-7-20-8-6-16-14(17)12-9-11(4-2)10-13(12)15(18)19/h11-13H,3-10H2,1-2H3,(H,16,17)(H,18,19)/t11?,12-,13+/m0/s1. The number of hydrogen-bond acceptors (Lipinski definition) is 3. The number of carboxylic acids is 1. The zero-order chi connectivity index (χ0) is 15.0. The van der Waals surface area contributed by atoms with E-state index in [0.717, 1.165) is 19.3 Å². The molecule has 20 heavy (non-hydrogen) atoms. The van der Waals surface area contributed by atoms with Crippen LogP contribution in [0.15, 0.2) is 0 Å². The maximum atomic E-state index is 12.1. The molecule has 1 aliphatic rings. The van der Waals surface area contributed by atoms with Crippen molar-refractivity contribution in [3.05, 3.63) is 0 Å². The van der Waals surface area contributed by atoms with Crippen LogP contribution in [0, 0.1) is 17.8 Å². The minimum absolute atomic E-state index is 0.132. The molecule has 0 spiro atoms. The van der Waals surface area contributed by atoms with Gasteiger partial charge in [0.15, 0.2) is 0 Å². The van der Waals surface area contributed by atoms with Gasteiger partial charge in [0, 0.05) is 13.2 Å². The summed E-state index contributed by atoms with van der Waals surface area (Å²) in [7, 11) is 0. The van der Waals surface area contributed by atoms with Gasteiger partial charge in [-0.3, -0.25) is 9.59 Å². The van der Waals surface area contributed by atoms with Gasteiger partial charge in [0.2, 0.25) is 5.91 Å². The lowest BCUT2D eigenvalue weighted by atomic mass is 9.95. The molecule has 0 aromatic carbocycles. The molecule has 0 aliphatic heterocycles. The number of carbonyl (C=O) groups is 2. The van der Waals surface area contributed by atoms with Crippen LogP contribution in [0.3, 0.4) is 0 Å². The summed E-state index contributed by atoms with van der Waals surface area (Å²) in [5.74, 6) is -1.53. The molecule has 0 bridgehead atoms. The average molecular weight is 285 g/mol. The van der Waals surface area contributed by atoms with Gasteiger partial charge in [0.1, 0.15) is 0 Å². The Labute approximate surface area is 121 Å². The summed E-state index contributed by atoms with van der Waals surface area (Å²) in [5.41, 5.74) is 0. The molecule has 3 atom stereocenters. The molecule has 0 aromatic rings. The van der Waals surface area contributed by atoms with Gasteiger partial charge in [-0.15, -0.1) is 0 Å². The first-order chi connectivity index (χ1) is 9.60. The van der Waals surface area contributed by atoms with E-state index in [-0.39, 0.29) is 11.8 Å². The Morgan fingerprint density at radius 1 is 1.20 bits per heavy atom. The molecule has 5 heteroatoms. The van der Waals surface area contributed by atoms with Crippen LogP contribution in [0.25, 0.3) is 0 Å². The number of unbranched alkanes of at least 4 members (excludes halogenated alkanes) is 1. The minimum atomic E-state index is -0.847. The van der Waals surface area contributed by atoms with E-state index in [1.165, 1.54) is 0 Å². The smallest absolute Gasteiger partial charge is 0.307 e. The zero-order valence-electron chi connectivity index (χ0n) is 12.6. The summed E-state index contributed by atoms with van der Waals surface area (Å²) in [6.07, 6.45) is 4.36. The second kappa shape index (κ2) is 8.95. The van der Waals surface area contributed by atoms with E-state index in [2.05, 4.69) is 12.2 Å². The molecule has 116 valence electrons. The lowest BCUT2D eigenvalue weighted by Gasteiger charge is -2.15. The Hall–Kier alpha value is -1.10. The molecular formula is C15H27NO4. The van der Waals surface area contributed by atoms with Crippen molar-refractivity contribution in [2.45, 2.75) is 46.0 Å². The fourth-order valence-electron chi connectivity index (χ4n) is 2.76. The van der Waals surface area contributed by atoms with Crippen LogP contribution in [-0.2, 0) is 14.3 Å². The van der Waals surface area contributed by atoms with Crippen molar-refractivity contribution in [2.75, 3.05) is 19.8 Å². The summed E-state index contributed by atoms with van der Waals surface area (Å²) >= 11 is 0. The number of hydrogen-bond donors (Lipinski definition) is 2. The van der Waals surface area contributed by atoms with Gasteiger partial charge in [-0.25, -0.2) is 0 Å². The number of carbonyl (C=O) groups excluding carboxylic acids is 1. The predicted octanol–water partition coefficient (Wildman–Crippen LogP) is 2.06. The van der Waals surface area contributed by atoms with Crippen molar-refractivity contribution in [3.63, 3.8) is 0 Å². The van der Waals surface area contributed by atoms with Gasteiger partial charge in [-0.05, 0) is 25.2 Å². The van der Waals surface area contributed by atoms with E-state index in [1.54, 1.807) is 0 Å². The van der Waals surface area contributed by atoms with Crippen LogP contribution in [-0.4, -0.2) is 36.7 Å². The van der Waals surface area contributed by atoms with E-state index < -0.39 is 11.9 Å². The molecule has 0 saturated heterocycles. The highest BCUT2D eigenvalue weighted by Gasteiger charge is 2.41. The average Bonchev–Trinajstić information content (AvgIpc) is 2.87. The van der Waals surface area contributed by atoms with E-state index in [4.69, 9.17) is 4.74 Å². The molecule has 0 radical (unpaired) electrons. The third-order valence-electron chi connectivity index (χ3n) is 4.08. The molecule has 1 aliphatic carbocycles. The Balaban J connectivity index is 2.32. The Kier molecular flexibility index (Phi) is 7.59. The highest BCUT2D eigenvalue weighted by Crippen LogP contribution is 2.38. The van der Waals surface area contributed by atoms with Crippen molar-refractivity contribution in [2.24, 2.45) is 17.8 Å². The van der Waals surface area contributed by atoms with Crippen LogP contribution < -0.4 is 5.32 Å². The molecular weight excluding hydrogens is 258 g/mol. The van der Waals surface area contributed by atoms with Gasteiger partial charge >= 0.3 is 5.97 Å². The first-order valence-electron chi connectivity index (χ1n) is 7.68. The quantitative estimate of drug-likeness (QED) is 0.636. The summed E-state index contributed by atoms with van der Waals surface area (Å²) in [4.78, 5) is 23.3. The van der Waals surface area contributed by atoms with E-state index in [0.29, 0.717) is 38.5 Å². The molecule has 1 fully saturated rings. The first kappa shape index (κ1) is 17.0. The number of carboxylic acid groups (broad SMARTS) is 1. The molecule has 1 saturated carbocycles. The SMILES string of the molecule is CCCCOCCNC(=O)[C@H]1CC(CC)C[C@H]1C(=O)O. The predicted molar refractivity (Wildman–Crippen MR) is 76.4 cm³/mol. The molecule has 0 aromatic heterocycles. The summed E-state index contributed by atoms with van der Waals surface area (Å²) < 4.78 is 5.37. The third-order valence-corrected chi connectivity index (χ3v) is 4.08. The maximum absolute atomic E-state index is 12.1. The molecule has 1 unspecified atom stereocenters. The molecule has 0 heterocycles. The maximum Gasteiger partial charge on any atom is 0.307 e. The number of amides is 1. The normalized spacial score (nSPS) is 25.6. The number of aliphatic carboxylic acids is 1. The van der Waals surface area contributed by atoms with Crippen LogP contribution in [0.1, 0.15) is 46.0 Å². The Bertz CT molecular complexity index is 319. The minimum Gasteiger partial charge on any atom is -0.481 e. The topological polar surface area (TPSA) is 75.6 Å². The second-order valence-electron chi connectivity index (χ2n) is 5.55. The number of rotatable bonds is 9. The highest BCUT2D eigenvalue weighted by molar-refractivity contribution is 5.85. The summed E-state index contributed by atoms with van der Waals surface area (Å²) in [5, 5.41) is 12.0. The van der Waals surface area contributed by atoms with Crippen molar-refractivity contribution < 1.29 is 19.4 Å². The highest BCUT2D eigenvalue weighted by atomic mass is 16.5. The second-order valence-corrected chi connectivity index (χ2v) is 5.55. The molecule has 1 rings (SSSR count). The monoisotopic (exact) mass is 285 g/mol. The molecule has 1 amide bonds. The van der Waals surface area contributed by atoms with Crippen LogP contribution >= 0.6 is 0 Å². The van der Waals surface area contributed by atoms with Crippen LogP contribution in [0.5, 0.6) is 0 Å². The first-order valence-corrected chi connectivity index (χ1v) is 7.68. The summed E-state index contributed by atoms with van der Waals surface area (Å²) in [6, 6.07) is 0. The fourth-order valence-corrected chi connectivity index (χ4v) is 2.76. The lowest BCUT2D eigenvalue weighted by Crippen LogP contribution is -2.37. The lowest BCUT2D eigenvalue weighted by molar-refractivity contribution is -0.146. The van der Waals surface area contributed by atoms with Crippen LogP contribution in [0.4, 0.5) is 0 Å². The van der Waals surface area contributed by atoms with Crippen molar-refractivity contribution in [1.82, 2.24) is 5.32 Å². The zero-order valence-corrected chi connectivity index (χ0v) is 12.6. The Morgan fingerprint density at radius 3 is 2.50 bits per heavy atom. The van der Waals surface area contributed by atoms with Crippen molar-refractivity contribution in [3.8, 4) is 0 Å². The van der Waals surface area contributed by atoms with E-state index >= 15 is 0 Å². The van der Waals surface area contributed by atoms with Crippen LogP contribution in [0.2, 0.25) is 0 Å². The summed E-state index contributed by atoms with van der Waals surface area (Å²) in [6.45, 7) is 5.81. The molecule has 5 nitrogen and oxygen atoms in total. The van der Waals surface area contributed by atoms with Gasteiger partial charge in [0.05, 0.1) is 18.4 Å². The van der Waals surface area contributed by atoms with Gasteiger partial charge in [-0.2, -0.15) is 0 Å². The largest absolute Gasteiger partial charge is 0.481 e. The number of nitrogens with one attached hydrogen (secondary N) is 1. The van der Waals surface area contributed by atoms with E-state index in [1.807, 2.05) is 6.92 Å². The van der Waals surface area contributed by atoms with Crippen molar-refractivity contribution in [1.29, 1.82) is 0 Å². The van der Waals surface area contributed by atoms with Crippen molar-refractivity contribution >= 4 is 11.9 Å². The van der Waals surface area contributed by atoms with Gasteiger partial charge in [0.25, 0.3) is 0 Å². The van der Waals surface area contributed by atoms with E-state index in [9.17, 15) is 14.7 Å². The third kappa shape index (κ3) is 5.12. The Morgan fingerprint density at radius 2 is 1.90 bits per heavy atom. The van der Waals surface area contributed by atoms with Gasteiger partial charge in [-0.1, -0.05) is 26.7 Å². The molecule has 2 N–H and O–H groups in total. The van der Waals surface area contributed by atoms with Gasteiger partial charge < -0.3 is 15.2 Å². The fraction of sp³-hybridized carbons (Fsp3) is 0.867.